The Morgan fingerprint density at radius 2 is 2.08 bits per heavy atom. The molecule has 2 aromatic heterocycles. The Morgan fingerprint density at radius 3 is 2.79 bits per heavy atom. The molecule has 1 aromatic carbocycles. The summed E-state index contributed by atoms with van der Waals surface area (Å²) in [7, 11) is 3.67. The van der Waals surface area contributed by atoms with E-state index in [2.05, 4.69) is 29.1 Å². The number of carbonyl (C=O) groups is 1. The highest BCUT2D eigenvalue weighted by atomic mass is 16.2. The zero-order chi connectivity index (χ0) is 17.3. The third-order valence-corrected chi connectivity index (χ3v) is 4.56. The number of fused-ring (bicyclic) bond motifs is 1. The Labute approximate surface area is 142 Å². The van der Waals surface area contributed by atoms with Gasteiger partial charge in [-0.3, -0.25) is 9.48 Å². The van der Waals surface area contributed by atoms with Crippen molar-refractivity contribution in [1.82, 2.24) is 19.7 Å². The van der Waals surface area contributed by atoms with Gasteiger partial charge in [0.2, 0.25) is 0 Å². The summed E-state index contributed by atoms with van der Waals surface area (Å²) in [5.41, 5.74) is 3.72. The number of para-hydroxylation sites is 1. The summed E-state index contributed by atoms with van der Waals surface area (Å²) in [6, 6.07) is 12.1. The summed E-state index contributed by atoms with van der Waals surface area (Å²) >= 11 is 0. The van der Waals surface area contributed by atoms with Crippen molar-refractivity contribution in [2.24, 2.45) is 7.05 Å². The molecule has 0 aliphatic carbocycles. The normalized spacial score (nSPS) is 12.5. The highest BCUT2D eigenvalue weighted by Crippen LogP contribution is 2.24. The number of benzene rings is 1. The van der Waals surface area contributed by atoms with Gasteiger partial charge in [-0.05, 0) is 36.9 Å². The average molecular weight is 324 g/mol. The van der Waals surface area contributed by atoms with Crippen molar-refractivity contribution < 1.29 is 4.79 Å². The van der Waals surface area contributed by atoms with Gasteiger partial charge in [-0.2, -0.15) is 5.10 Å². The zero-order valence-corrected chi connectivity index (χ0v) is 14.7. The molecule has 0 aliphatic rings. The molecular formula is C19H24N4O. The van der Waals surface area contributed by atoms with E-state index in [-0.39, 0.29) is 11.9 Å². The quantitative estimate of drug-likeness (QED) is 0.778. The molecule has 1 N–H and O–H groups in total. The number of H-pyrrole nitrogens is 1. The first-order valence-corrected chi connectivity index (χ1v) is 8.39. The van der Waals surface area contributed by atoms with E-state index >= 15 is 0 Å². The minimum Gasteiger partial charge on any atom is -0.357 e. The Bertz CT molecular complexity index is 828. The van der Waals surface area contributed by atoms with Crippen molar-refractivity contribution in [3.8, 4) is 0 Å². The number of carbonyl (C=O) groups excluding carboxylic acids is 1. The predicted molar refractivity (Wildman–Crippen MR) is 96.0 cm³/mol. The summed E-state index contributed by atoms with van der Waals surface area (Å²) < 4.78 is 1.68. The molecule has 1 atom stereocenters. The van der Waals surface area contributed by atoms with Crippen LogP contribution < -0.4 is 0 Å². The summed E-state index contributed by atoms with van der Waals surface area (Å²) in [5.74, 6) is -0.0153. The lowest BCUT2D eigenvalue weighted by atomic mass is 10.1. The Hall–Kier alpha value is -2.56. The van der Waals surface area contributed by atoms with E-state index in [1.54, 1.807) is 9.58 Å². The van der Waals surface area contributed by atoms with Gasteiger partial charge in [-0.25, -0.2) is 0 Å². The summed E-state index contributed by atoms with van der Waals surface area (Å²) in [4.78, 5) is 18.0. The first-order valence-electron chi connectivity index (χ1n) is 8.39. The molecule has 0 spiro atoms. The van der Waals surface area contributed by atoms with E-state index in [4.69, 9.17) is 0 Å². The van der Waals surface area contributed by atoms with Crippen molar-refractivity contribution in [2.75, 3.05) is 7.05 Å². The Balaban J connectivity index is 1.84. The van der Waals surface area contributed by atoms with E-state index in [1.165, 1.54) is 0 Å². The zero-order valence-electron chi connectivity index (χ0n) is 14.7. The largest absolute Gasteiger partial charge is 0.357 e. The first kappa shape index (κ1) is 16.3. The molecule has 0 fully saturated rings. The van der Waals surface area contributed by atoms with Crippen LogP contribution in [0.4, 0.5) is 0 Å². The van der Waals surface area contributed by atoms with E-state index < -0.39 is 0 Å². The van der Waals surface area contributed by atoms with Crippen LogP contribution in [0.3, 0.4) is 0 Å². The predicted octanol–water partition coefficient (Wildman–Crippen LogP) is 3.69. The molecule has 1 amide bonds. The van der Waals surface area contributed by atoms with E-state index in [1.807, 2.05) is 45.3 Å². The van der Waals surface area contributed by atoms with Gasteiger partial charge in [0.1, 0.15) is 5.69 Å². The molecular weight excluding hydrogens is 300 g/mol. The SMILES string of the molecule is CCCc1cc(C(=O)N(C)[C@@H](C)c2cc3ccccc3[nH]2)n(C)n1. The van der Waals surface area contributed by atoms with Crippen LogP contribution in [0.15, 0.2) is 36.4 Å². The van der Waals surface area contributed by atoms with Gasteiger partial charge in [-0.1, -0.05) is 31.5 Å². The van der Waals surface area contributed by atoms with Crippen LogP contribution in [0.25, 0.3) is 10.9 Å². The minimum absolute atomic E-state index is 0.0153. The maximum atomic E-state index is 12.9. The summed E-state index contributed by atoms with van der Waals surface area (Å²) in [5, 5.41) is 5.59. The second-order valence-corrected chi connectivity index (χ2v) is 6.30. The van der Waals surface area contributed by atoms with Gasteiger partial charge < -0.3 is 9.88 Å². The number of aromatic nitrogens is 3. The number of nitrogens with zero attached hydrogens (tertiary/aromatic N) is 3. The lowest BCUT2D eigenvalue weighted by Gasteiger charge is -2.24. The van der Waals surface area contributed by atoms with Crippen LogP contribution in [-0.2, 0) is 13.5 Å². The van der Waals surface area contributed by atoms with Crippen molar-refractivity contribution in [3.05, 3.63) is 53.5 Å². The third kappa shape index (κ3) is 2.94. The van der Waals surface area contributed by atoms with Gasteiger partial charge in [0.05, 0.1) is 11.7 Å². The van der Waals surface area contributed by atoms with Gasteiger partial charge in [0.15, 0.2) is 0 Å². The molecule has 3 aromatic rings. The van der Waals surface area contributed by atoms with Gasteiger partial charge in [0, 0.05) is 25.3 Å². The fraction of sp³-hybridized carbons (Fsp3) is 0.368. The number of amides is 1. The maximum absolute atomic E-state index is 12.9. The van der Waals surface area contributed by atoms with Gasteiger partial charge >= 0.3 is 0 Å². The van der Waals surface area contributed by atoms with E-state index in [9.17, 15) is 4.79 Å². The van der Waals surface area contributed by atoms with Crippen LogP contribution in [0, 0.1) is 0 Å². The number of hydrogen-bond acceptors (Lipinski definition) is 2. The summed E-state index contributed by atoms with van der Waals surface area (Å²) in [6.07, 6.45) is 1.91. The molecule has 0 unspecified atom stereocenters. The van der Waals surface area contributed by atoms with E-state index in [0.29, 0.717) is 5.69 Å². The van der Waals surface area contributed by atoms with Gasteiger partial charge in [0.25, 0.3) is 5.91 Å². The fourth-order valence-corrected chi connectivity index (χ4v) is 2.99. The van der Waals surface area contributed by atoms with Crippen LogP contribution in [0.2, 0.25) is 0 Å². The average Bonchev–Trinajstić information content (AvgIpc) is 3.16. The molecule has 2 heterocycles. The van der Waals surface area contributed by atoms with Crippen LogP contribution in [-0.4, -0.2) is 32.6 Å². The Morgan fingerprint density at radius 1 is 1.33 bits per heavy atom. The molecule has 0 bridgehead atoms. The molecule has 0 aliphatic heterocycles. The van der Waals surface area contributed by atoms with Gasteiger partial charge in [-0.15, -0.1) is 0 Å². The number of aryl methyl sites for hydroxylation is 2. The molecule has 0 saturated carbocycles. The van der Waals surface area contributed by atoms with Crippen LogP contribution in [0.5, 0.6) is 0 Å². The van der Waals surface area contributed by atoms with Crippen LogP contribution in [0.1, 0.15) is 48.2 Å². The van der Waals surface area contributed by atoms with Crippen molar-refractivity contribution in [3.63, 3.8) is 0 Å². The standard InChI is InChI=1S/C19H24N4O/c1-5-8-15-12-18(23(4)21-15)19(24)22(3)13(2)17-11-14-9-6-7-10-16(14)20-17/h6-7,9-13,20H,5,8H2,1-4H3/t13-/m0/s1. The number of nitrogens with one attached hydrogen (secondary N) is 1. The van der Waals surface area contributed by atoms with E-state index in [0.717, 1.165) is 35.1 Å². The monoisotopic (exact) mass is 324 g/mol. The third-order valence-electron chi connectivity index (χ3n) is 4.56. The number of hydrogen-bond donors (Lipinski definition) is 1. The molecule has 5 nitrogen and oxygen atoms in total. The number of aromatic amines is 1. The molecule has 3 rings (SSSR count). The second kappa shape index (κ2) is 6.51. The van der Waals surface area contributed by atoms with Crippen molar-refractivity contribution in [2.45, 2.75) is 32.7 Å². The fourth-order valence-electron chi connectivity index (χ4n) is 2.99. The highest BCUT2D eigenvalue weighted by Gasteiger charge is 2.23. The molecule has 0 saturated heterocycles. The lowest BCUT2D eigenvalue weighted by molar-refractivity contribution is 0.0729. The molecule has 5 heteroatoms. The highest BCUT2D eigenvalue weighted by molar-refractivity contribution is 5.93. The molecule has 126 valence electrons. The molecule has 0 radical (unpaired) electrons. The van der Waals surface area contributed by atoms with Crippen molar-refractivity contribution in [1.29, 1.82) is 0 Å². The second-order valence-electron chi connectivity index (χ2n) is 6.30. The topological polar surface area (TPSA) is 53.9 Å². The number of rotatable bonds is 5. The summed E-state index contributed by atoms with van der Waals surface area (Å²) in [6.45, 7) is 4.15. The first-order chi connectivity index (χ1) is 11.5. The smallest absolute Gasteiger partial charge is 0.272 e. The maximum Gasteiger partial charge on any atom is 0.272 e. The van der Waals surface area contributed by atoms with Crippen molar-refractivity contribution >= 4 is 16.8 Å². The van der Waals surface area contributed by atoms with Crippen LogP contribution >= 0.6 is 0 Å². The minimum atomic E-state index is -0.0468. The molecule has 24 heavy (non-hydrogen) atoms. The Kier molecular flexibility index (Phi) is 4.42. The lowest BCUT2D eigenvalue weighted by Crippen LogP contribution is -2.31.